The monoisotopic (exact) mass is 540 g/mol. The normalized spacial score (nSPS) is 14.6. The maximum Gasteiger partial charge on any atom is 0.287 e. The van der Waals surface area contributed by atoms with E-state index in [9.17, 15) is 4.79 Å². The molecule has 0 saturated carbocycles. The molecule has 0 unspecified atom stereocenters. The zero-order valence-electron chi connectivity index (χ0n) is 18.3. The van der Waals surface area contributed by atoms with Gasteiger partial charge in [-0.25, -0.2) is 4.98 Å². The summed E-state index contributed by atoms with van der Waals surface area (Å²) in [5, 5.41) is 9.74. The van der Waals surface area contributed by atoms with Crippen molar-refractivity contribution in [1.29, 1.82) is 0 Å². The van der Waals surface area contributed by atoms with E-state index in [1.165, 1.54) is 6.26 Å². The number of piperidine rings is 1. The Hall–Kier alpha value is -2.30. The van der Waals surface area contributed by atoms with E-state index in [0.29, 0.717) is 24.9 Å². The zero-order valence-corrected chi connectivity index (χ0v) is 20.6. The molecule has 170 valence electrons. The minimum atomic E-state index is -0.175. The number of carbonyl (C=O) groups is 1. The molecule has 2 aromatic heterocycles. The summed E-state index contributed by atoms with van der Waals surface area (Å²) in [6, 6.07) is 8.21. The first kappa shape index (κ1) is 25.0. The molecule has 0 aromatic carbocycles. The largest absolute Gasteiger partial charge is 0.459 e. The average Bonchev–Trinajstić information content (AvgIpc) is 3.20. The fourth-order valence-electron chi connectivity index (χ4n) is 3.46. The molecule has 1 aliphatic rings. The van der Waals surface area contributed by atoms with Crippen LogP contribution in [-0.2, 0) is 0 Å². The molecule has 1 fully saturated rings. The van der Waals surface area contributed by atoms with Crippen molar-refractivity contribution in [2.75, 3.05) is 37.6 Å². The maximum absolute atomic E-state index is 12.0. The average molecular weight is 540 g/mol. The number of furan rings is 1. The minimum Gasteiger partial charge on any atom is -0.459 e. The third kappa shape index (κ3) is 7.71. The fourth-order valence-corrected chi connectivity index (χ4v) is 3.46. The molecule has 8 nitrogen and oxygen atoms in total. The number of nitrogens with zero attached hydrogens (tertiary/aromatic N) is 3. The molecule has 1 saturated heterocycles. The lowest BCUT2D eigenvalue weighted by atomic mass is 10.1. The second-order valence-electron chi connectivity index (χ2n) is 7.40. The predicted molar refractivity (Wildman–Crippen MR) is 134 cm³/mol. The lowest BCUT2D eigenvalue weighted by Gasteiger charge is -2.33. The number of aryl methyl sites for hydroxylation is 1. The molecule has 1 amide bonds. The molecular weight excluding hydrogens is 507 g/mol. The molecule has 2 aromatic rings. The number of pyridine rings is 1. The number of hydrogen-bond donors (Lipinski definition) is 3. The summed E-state index contributed by atoms with van der Waals surface area (Å²) < 4.78 is 5.21. The topological polar surface area (TPSA) is 94.8 Å². The SMILES string of the molecule is CCNC(=NCCCNC(=O)c1occc1C)NC1CCN(c2ccccn2)CC1.I. The molecule has 3 rings (SSSR count). The van der Waals surface area contributed by atoms with Crippen LogP contribution in [0.5, 0.6) is 0 Å². The van der Waals surface area contributed by atoms with Gasteiger partial charge < -0.3 is 25.3 Å². The zero-order chi connectivity index (χ0) is 21.2. The lowest BCUT2D eigenvalue weighted by molar-refractivity contribution is 0.0925. The van der Waals surface area contributed by atoms with Gasteiger partial charge in [-0.1, -0.05) is 6.07 Å². The Labute approximate surface area is 201 Å². The van der Waals surface area contributed by atoms with Gasteiger partial charge in [0.05, 0.1) is 6.26 Å². The molecule has 0 aliphatic carbocycles. The number of aromatic nitrogens is 1. The first-order valence-corrected chi connectivity index (χ1v) is 10.7. The van der Waals surface area contributed by atoms with Crippen LogP contribution in [0, 0.1) is 6.92 Å². The van der Waals surface area contributed by atoms with E-state index >= 15 is 0 Å². The number of nitrogens with one attached hydrogen (secondary N) is 3. The number of halogens is 1. The third-order valence-electron chi connectivity index (χ3n) is 5.11. The van der Waals surface area contributed by atoms with Crippen LogP contribution < -0.4 is 20.9 Å². The summed E-state index contributed by atoms with van der Waals surface area (Å²) in [5.41, 5.74) is 0.846. The Bertz CT molecular complexity index is 818. The predicted octanol–water partition coefficient (Wildman–Crippen LogP) is 2.95. The van der Waals surface area contributed by atoms with Gasteiger partial charge in [0.25, 0.3) is 5.91 Å². The molecule has 3 N–H and O–H groups in total. The van der Waals surface area contributed by atoms with Crippen molar-refractivity contribution in [2.45, 2.75) is 39.2 Å². The number of amides is 1. The lowest BCUT2D eigenvalue weighted by Crippen LogP contribution is -2.49. The highest BCUT2D eigenvalue weighted by Crippen LogP contribution is 2.17. The maximum atomic E-state index is 12.0. The quantitative estimate of drug-likeness (QED) is 0.206. The Morgan fingerprint density at radius 2 is 2.06 bits per heavy atom. The highest BCUT2D eigenvalue weighted by molar-refractivity contribution is 14.0. The highest BCUT2D eigenvalue weighted by Gasteiger charge is 2.20. The standard InChI is InChI=1S/C22H32N6O2.HI/c1-3-23-22(26-13-6-12-25-21(29)20-17(2)10-16-30-20)27-18-8-14-28(15-9-18)19-7-4-5-11-24-19;/h4-5,7,10-11,16,18H,3,6,8-9,12-15H2,1-2H3,(H,25,29)(H2,23,26,27);1H. The van der Waals surface area contributed by atoms with Crippen molar-refractivity contribution in [1.82, 2.24) is 20.9 Å². The number of hydrogen-bond acceptors (Lipinski definition) is 5. The van der Waals surface area contributed by atoms with Crippen molar-refractivity contribution in [3.05, 3.63) is 48.0 Å². The van der Waals surface area contributed by atoms with Crippen LogP contribution in [0.25, 0.3) is 0 Å². The van der Waals surface area contributed by atoms with Crippen LogP contribution in [-0.4, -0.2) is 55.6 Å². The Morgan fingerprint density at radius 3 is 2.71 bits per heavy atom. The number of guanidine groups is 1. The van der Waals surface area contributed by atoms with Gasteiger partial charge in [0.2, 0.25) is 0 Å². The number of aliphatic imine (C=N–C) groups is 1. The van der Waals surface area contributed by atoms with Crippen LogP contribution in [0.15, 0.2) is 46.1 Å². The second kappa shape index (κ2) is 13.2. The van der Waals surface area contributed by atoms with E-state index in [1.807, 2.05) is 25.3 Å². The summed E-state index contributed by atoms with van der Waals surface area (Å²) in [6.45, 7) is 7.89. The molecule has 3 heterocycles. The number of rotatable bonds is 8. The Balaban J connectivity index is 0.00000341. The van der Waals surface area contributed by atoms with Gasteiger partial charge in [-0.3, -0.25) is 9.79 Å². The van der Waals surface area contributed by atoms with Crippen LogP contribution in [0.4, 0.5) is 5.82 Å². The van der Waals surface area contributed by atoms with Gasteiger partial charge in [-0.05, 0) is 51.3 Å². The summed E-state index contributed by atoms with van der Waals surface area (Å²) in [4.78, 5) is 23.5. The summed E-state index contributed by atoms with van der Waals surface area (Å²) in [6.07, 6.45) is 6.22. The van der Waals surface area contributed by atoms with E-state index < -0.39 is 0 Å². The third-order valence-corrected chi connectivity index (χ3v) is 5.11. The molecule has 1 aliphatic heterocycles. The van der Waals surface area contributed by atoms with Gasteiger partial charge >= 0.3 is 0 Å². The van der Waals surface area contributed by atoms with Crippen molar-refractivity contribution in [3.63, 3.8) is 0 Å². The molecule has 0 radical (unpaired) electrons. The molecular formula is C22H33IN6O2. The van der Waals surface area contributed by atoms with Crippen LogP contribution in [0.3, 0.4) is 0 Å². The molecule has 0 atom stereocenters. The van der Waals surface area contributed by atoms with E-state index in [1.54, 1.807) is 6.07 Å². The first-order valence-electron chi connectivity index (χ1n) is 10.7. The molecule has 31 heavy (non-hydrogen) atoms. The summed E-state index contributed by atoms with van der Waals surface area (Å²) in [7, 11) is 0. The number of anilines is 1. The van der Waals surface area contributed by atoms with Crippen molar-refractivity contribution < 1.29 is 9.21 Å². The van der Waals surface area contributed by atoms with Gasteiger partial charge in [0, 0.05) is 50.5 Å². The second-order valence-corrected chi connectivity index (χ2v) is 7.40. The van der Waals surface area contributed by atoms with Crippen LogP contribution in [0.2, 0.25) is 0 Å². The molecule has 0 spiro atoms. The van der Waals surface area contributed by atoms with E-state index in [4.69, 9.17) is 4.42 Å². The highest BCUT2D eigenvalue weighted by atomic mass is 127. The first-order chi connectivity index (χ1) is 14.7. The van der Waals surface area contributed by atoms with Crippen LogP contribution in [0.1, 0.15) is 42.3 Å². The summed E-state index contributed by atoms with van der Waals surface area (Å²) >= 11 is 0. The van der Waals surface area contributed by atoms with Gasteiger partial charge in [-0.2, -0.15) is 0 Å². The molecule has 0 bridgehead atoms. The van der Waals surface area contributed by atoms with Crippen molar-refractivity contribution in [2.24, 2.45) is 4.99 Å². The fraction of sp³-hybridized carbons (Fsp3) is 0.500. The number of carbonyl (C=O) groups excluding carboxylic acids is 1. The van der Waals surface area contributed by atoms with Crippen molar-refractivity contribution >= 4 is 41.7 Å². The summed E-state index contributed by atoms with van der Waals surface area (Å²) in [5.74, 6) is 2.09. The smallest absolute Gasteiger partial charge is 0.287 e. The van der Waals surface area contributed by atoms with Gasteiger partial charge in [0.15, 0.2) is 11.7 Å². The van der Waals surface area contributed by atoms with Gasteiger partial charge in [-0.15, -0.1) is 24.0 Å². The molecule has 9 heteroatoms. The minimum absolute atomic E-state index is 0. The van der Waals surface area contributed by atoms with Gasteiger partial charge in [0.1, 0.15) is 5.82 Å². The van der Waals surface area contributed by atoms with E-state index in [2.05, 4.69) is 43.8 Å². The Morgan fingerprint density at radius 1 is 1.26 bits per heavy atom. The van der Waals surface area contributed by atoms with Crippen LogP contribution >= 0.6 is 24.0 Å². The van der Waals surface area contributed by atoms with E-state index in [-0.39, 0.29) is 29.9 Å². The van der Waals surface area contributed by atoms with Crippen molar-refractivity contribution in [3.8, 4) is 0 Å². The Kier molecular flexibility index (Phi) is 10.6. The van der Waals surface area contributed by atoms with E-state index in [0.717, 1.165) is 56.2 Å².